The third-order valence-electron chi connectivity index (χ3n) is 3.49. The summed E-state index contributed by atoms with van der Waals surface area (Å²) < 4.78 is 10.5. The third kappa shape index (κ3) is 3.17. The van der Waals surface area contributed by atoms with Gasteiger partial charge in [-0.25, -0.2) is 4.79 Å². The molecule has 1 aromatic carbocycles. The lowest BCUT2D eigenvalue weighted by atomic mass is 10.0. The number of furan rings is 1. The molecule has 0 fully saturated rings. The minimum atomic E-state index is -0.421. The monoisotopic (exact) mass is 295 g/mol. The van der Waals surface area contributed by atoms with E-state index >= 15 is 0 Å². The maximum atomic E-state index is 11.7. The van der Waals surface area contributed by atoms with E-state index in [9.17, 15) is 4.79 Å². The second kappa shape index (κ2) is 6.43. The van der Waals surface area contributed by atoms with Gasteiger partial charge in [0.15, 0.2) is 0 Å². The number of esters is 1. The fourth-order valence-corrected chi connectivity index (χ4v) is 2.37. The lowest BCUT2D eigenvalue weighted by molar-refractivity contribution is 0.0492. The Morgan fingerprint density at radius 2 is 2.05 bits per heavy atom. The van der Waals surface area contributed by atoms with Gasteiger partial charge in [0.1, 0.15) is 5.58 Å². The van der Waals surface area contributed by atoms with Crippen molar-refractivity contribution >= 4 is 16.9 Å². The Morgan fingerprint density at radius 1 is 1.18 bits per heavy atom. The van der Waals surface area contributed by atoms with Crippen molar-refractivity contribution in [1.29, 1.82) is 0 Å². The quantitative estimate of drug-likeness (QED) is 0.672. The van der Waals surface area contributed by atoms with Crippen LogP contribution in [0.3, 0.4) is 0 Å². The Labute approximate surface area is 128 Å². The minimum absolute atomic E-state index is 0.251. The molecule has 0 spiro atoms. The third-order valence-corrected chi connectivity index (χ3v) is 3.49. The van der Waals surface area contributed by atoms with Crippen LogP contribution in [0.25, 0.3) is 11.0 Å². The molecule has 0 aliphatic carbocycles. The van der Waals surface area contributed by atoms with Crippen molar-refractivity contribution < 1.29 is 13.9 Å². The average molecular weight is 295 g/mol. The normalized spacial score (nSPS) is 10.8. The number of carbonyl (C=O) groups excluding carboxylic acids is 1. The van der Waals surface area contributed by atoms with Gasteiger partial charge in [-0.3, -0.25) is 4.98 Å². The smallest absolute Gasteiger partial charge is 0.374 e. The van der Waals surface area contributed by atoms with Crippen molar-refractivity contribution in [2.24, 2.45) is 0 Å². The molecule has 0 bridgehead atoms. The molecule has 0 radical (unpaired) electrons. The molecule has 0 saturated heterocycles. The van der Waals surface area contributed by atoms with Crippen LogP contribution in [0.1, 0.15) is 28.6 Å². The zero-order chi connectivity index (χ0) is 15.4. The van der Waals surface area contributed by atoms with Crippen LogP contribution in [-0.2, 0) is 17.6 Å². The molecule has 4 heteroatoms. The Hall–Kier alpha value is -2.62. The van der Waals surface area contributed by atoms with Gasteiger partial charge in [-0.1, -0.05) is 18.2 Å². The number of aryl methyl sites for hydroxylation is 2. The van der Waals surface area contributed by atoms with Crippen molar-refractivity contribution in [3.8, 4) is 0 Å². The van der Waals surface area contributed by atoms with Crippen molar-refractivity contribution in [1.82, 2.24) is 4.98 Å². The van der Waals surface area contributed by atoms with E-state index in [0.717, 1.165) is 18.2 Å². The molecule has 112 valence electrons. The second-order valence-electron chi connectivity index (χ2n) is 5.06. The number of nitrogens with zero attached hydrogens (tertiary/aromatic N) is 1. The zero-order valence-electron chi connectivity index (χ0n) is 12.4. The molecule has 3 rings (SSSR count). The van der Waals surface area contributed by atoms with Crippen molar-refractivity contribution in [2.75, 3.05) is 6.61 Å². The van der Waals surface area contributed by atoms with Crippen LogP contribution in [0.2, 0.25) is 0 Å². The summed E-state index contributed by atoms with van der Waals surface area (Å²) in [4.78, 5) is 15.8. The maximum Gasteiger partial charge on any atom is 0.374 e. The number of carbonyl (C=O) groups is 1. The molecule has 3 aromatic rings. The molecule has 0 amide bonds. The van der Waals surface area contributed by atoms with Gasteiger partial charge in [-0.05, 0) is 49.1 Å². The summed E-state index contributed by atoms with van der Waals surface area (Å²) in [5, 5.41) is 0.910. The van der Waals surface area contributed by atoms with E-state index in [0.29, 0.717) is 12.2 Å². The number of fused-ring (bicyclic) bond motifs is 1. The van der Waals surface area contributed by atoms with Gasteiger partial charge >= 0.3 is 5.97 Å². The van der Waals surface area contributed by atoms with Crippen LogP contribution in [0.5, 0.6) is 0 Å². The number of rotatable bonds is 5. The average Bonchev–Trinajstić information content (AvgIpc) is 2.97. The largest absolute Gasteiger partial charge is 0.460 e. The highest BCUT2D eigenvalue weighted by Crippen LogP contribution is 2.22. The number of benzene rings is 1. The zero-order valence-corrected chi connectivity index (χ0v) is 12.4. The van der Waals surface area contributed by atoms with Crippen LogP contribution in [0, 0.1) is 0 Å². The Balaban J connectivity index is 1.76. The fourth-order valence-electron chi connectivity index (χ4n) is 2.37. The molecule has 22 heavy (non-hydrogen) atoms. The molecule has 0 aliphatic rings. The SMILES string of the molecule is CCOC(=O)c1cc2ccc(CCc3cccnc3)cc2o1. The highest BCUT2D eigenvalue weighted by Gasteiger charge is 2.13. The van der Waals surface area contributed by atoms with Gasteiger partial charge in [0.2, 0.25) is 5.76 Å². The molecule has 0 N–H and O–H groups in total. The van der Waals surface area contributed by atoms with Crippen molar-refractivity contribution in [3.63, 3.8) is 0 Å². The van der Waals surface area contributed by atoms with E-state index in [-0.39, 0.29) is 5.76 Å². The number of hydrogen-bond acceptors (Lipinski definition) is 4. The lowest BCUT2D eigenvalue weighted by Gasteiger charge is -2.01. The summed E-state index contributed by atoms with van der Waals surface area (Å²) in [5.74, 6) is -0.170. The topological polar surface area (TPSA) is 52.3 Å². The highest BCUT2D eigenvalue weighted by molar-refractivity contribution is 5.92. The first kappa shape index (κ1) is 14.3. The van der Waals surface area contributed by atoms with Gasteiger partial charge in [-0.15, -0.1) is 0 Å². The van der Waals surface area contributed by atoms with Gasteiger partial charge in [-0.2, -0.15) is 0 Å². The molecule has 0 unspecified atom stereocenters. The number of ether oxygens (including phenoxy) is 1. The van der Waals surface area contributed by atoms with Crippen LogP contribution in [0.15, 0.2) is 53.2 Å². The van der Waals surface area contributed by atoms with E-state index in [2.05, 4.69) is 17.1 Å². The summed E-state index contributed by atoms with van der Waals surface area (Å²) >= 11 is 0. The van der Waals surface area contributed by atoms with Crippen LogP contribution in [0.4, 0.5) is 0 Å². The van der Waals surface area contributed by atoms with E-state index in [1.165, 1.54) is 11.1 Å². The molecule has 0 aliphatic heterocycles. The first-order chi connectivity index (χ1) is 10.8. The molecule has 0 atom stereocenters. The van der Waals surface area contributed by atoms with Crippen LogP contribution < -0.4 is 0 Å². The maximum absolute atomic E-state index is 11.7. The summed E-state index contributed by atoms with van der Waals surface area (Å²) in [5.41, 5.74) is 3.09. The molecule has 2 aromatic heterocycles. The van der Waals surface area contributed by atoms with Gasteiger partial charge in [0.05, 0.1) is 6.61 Å². The predicted molar refractivity (Wildman–Crippen MR) is 83.8 cm³/mol. The Bertz CT molecular complexity index is 777. The van der Waals surface area contributed by atoms with E-state index < -0.39 is 5.97 Å². The first-order valence-corrected chi connectivity index (χ1v) is 7.35. The second-order valence-corrected chi connectivity index (χ2v) is 5.06. The summed E-state index contributed by atoms with van der Waals surface area (Å²) in [6.07, 6.45) is 5.47. The van der Waals surface area contributed by atoms with E-state index in [1.54, 1.807) is 19.2 Å². The van der Waals surface area contributed by atoms with Crippen molar-refractivity contribution in [3.05, 3.63) is 65.7 Å². The molecule has 0 saturated carbocycles. The highest BCUT2D eigenvalue weighted by atomic mass is 16.5. The van der Waals surface area contributed by atoms with Gasteiger partial charge < -0.3 is 9.15 Å². The van der Waals surface area contributed by atoms with Crippen LogP contribution >= 0.6 is 0 Å². The lowest BCUT2D eigenvalue weighted by Crippen LogP contribution is -2.02. The summed E-state index contributed by atoms with van der Waals surface area (Å²) in [6, 6.07) is 11.7. The van der Waals surface area contributed by atoms with Gasteiger partial charge in [0, 0.05) is 17.8 Å². The number of aromatic nitrogens is 1. The van der Waals surface area contributed by atoms with Crippen molar-refractivity contribution in [2.45, 2.75) is 19.8 Å². The standard InChI is InChI=1S/C18H17NO3/c1-2-21-18(20)17-11-15-8-7-13(10-16(15)22-17)5-6-14-4-3-9-19-12-14/h3-4,7-12H,2,5-6H2,1H3. The molecular weight excluding hydrogens is 278 g/mol. The molecular formula is C18H17NO3. The minimum Gasteiger partial charge on any atom is -0.460 e. The number of pyridine rings is 1. The van der Waals surface area contributed by atoms with Crippen LogP contribution in [-0.4, -0.2) is 17.6 Å². The number of hydrogen-bond donors (Lipinski definition) is 0. The Morgan fingerprint density at radius 3 is 2.82 bits per heavy atom. The summed E-state index contributed by atoms with van der Waals surface area (Å²) in [7, 11) is 0. The van der Waals surface area contributed by atoms with Gasteiger partial charge in [0.25, 0.3) is 0 Å². The Kier molecular flexibility index (Phi) is 4.19. The molecule has 4 nitrogen and oxygen atoms in total. The van der Waals surface area contributed by atoms with E-state index in [1.807, 2.05) is 24.4 Å². The molecule has 2 heterocycles. The predicted octanol–water partition coefficient (Wildman–Crippen LogP) is 3.79. The fraction of sp³-hybridized carbons (Fsp3) is 0.222. The van der Waals surface area contributed by atoms with E-state index in [4.69, 9.17) is 9.15 Å². The first-order valence-electron chi connectivity index (χ1n) is 7.35. The summed E-state index contributed by atoms with van der Waals surface area (Å²) in [6.45, 7) is 2.11.